The number of hydrogen-bond donors (Lipinski definition) is 15. The molecule has 0 aliphatic carbocycles. The van der Waals surface area contributed by atoms with Gasteiger partial charge in [0, 0.05) is 62.6 Å². The number of aromatic amines is 4. The highest BCUT2D eigenvalue weighted by Gasteiger charge is 2.48. The summed E-state index contributed by atoms with van der Waals surface area (Å²) in [5.41, 5.74) is 1.38. The molecule has 0 aromatic carbocycles. The molecule has 0 saturated carbocycles. The largest absolute Gasteiger partial charge is 0.471 e. The zero-order chi connectivity index (χ0) is 80.6. The topological polar surface area (TPSA) is 472 Å². The van der Waals surface area contributed by atoms with Crippen molar-refractivity contribution in [1.82, 2.24) is 53.7 Å². The first-order valence-corrected chi connectivity index (χ1v) is 45.8. The number of ether oxygens (including phenoxy) is 4. The molecule has 4 saturated heterocycles. The molecule has 0 spiro atoms. The monoisotopic (exact) mass is 1630 g/mol. The fourth-order valence-corrected chi connectivity index (χ4v) is 15.4. The van der Waals surface area contributed by atoms with Gasteiger partial charge in [0.1, 0.15) is 48.8 Å². The Labute approximate surface area is 614 Å². The predicted molar refractivity (Wildman–Crippen MR) is 401 cm³/mol. The number of hydrogen-bond acceptors (Lipinski definition) is 24. The van der Waals surface area contributed by atoms with Gasteiger partial charge in [0.25, 0.3) is 22.2 Å². The summed E-state index contributed by atoms with van der Waals surface area (Å²) in [5.74, 6) is -4.36. The molecule has 4 aromatic heterocycles. The third-order valence-corrected chi connectivity index (χ3v) is 23.5. The zero-order valence-electron chi connectivity index (χ0n) is 60.0. The summed E-state index contributed by atoms with van der Waals surface area (Å²) in [6.07, 6.45) is -0.788. The van der Waals surface area contributed by atoms with E-state index in [2.05, 4.69) is 72.1 Å². The summed E-state index contributed by atoms with van der Waals surface area (Å²) in [6.45, 7) is 9.88. The van der Waals surface area contributed by atoms with Crippen molar-refractivity contribution in [2.24, 2.45) is 5.73 Å². The van der Waals surface area contributed by atoms with Crippen molar-refractivity contribution in [3.63, 3.8) is 0 Å². The lowest BCUT2D eigenvalue weighted by molar-refractivity contribution is -0.184. The summed E-state index contributed by atoms with van der Waals surface area (Å²) in [6, 6.07) is 0. The van der Waals surface area contributed by atoms with Crippen LogP contribution in [0.3, 0.4) is 0 Å². The van der Waals surface area contributed by atoms with E-state index >= 15 is 0 Å². The Hall–Kier alpha value is -5.28. The van der Waals surface area contributed by atoms with Crippen LogP contribution in [-0.2, 0) is 54.7 Å². The standard InChI is InChI=1S/C17H25F3N3O6P.C16H23F3N3O5PS.C15H26N3O5P.C14H24N3O4PS/c1-22(15(27)17(18,19)20)7-9-8-23(16(28)21-13(9)26)14-12(25)11(24)10(29-14)5-6-30(2,3)4;1-28(2,3)5-4-9-10(23)11(24)13(27-9)22-7-8(12(25)21-15(22)29)6-20-14(26)16(17,18)19;1-16-7-9-8-18(15(22)17-13(9)21)14-12(20)11(19)10(23-14)5-6-24(2,3)4;1-22(2,3)5-4-9-10(18)11(19)13(21-9)17-7-8(6-15)12(20)16-14(17)23/h8,10-12,14,24-25H,2,5-7H2,1,3-4H3,(H,21,26,28);7,9-11,13,23-24H,1,4-6H2,2-3H3,(H,20,26)(H,21,25,29);8,10-12,14,16,19-20H,2,5-7H2,1,3-4H3,(H,17,21,22);7,9-11,13,18-19H,1,4-6,15H2,2-3H3,(H,16,20,23)/t10-,11-,12-,14-;9-,10-,11-,13-;10-,11-,12-,14-;9-,10-,11-,13-/m1111/s1. The molecule has 16 N–H and O–H groups in total. The number of amides is 2. The average Bonchev–Trinajstić information content (AvgIpc) is 1.62. The van der Waals surface area contributed by atoms with Gasteiger partial charge in [-0.05, 0) is 135 Å². The maximum Gasteiger partial charge on any atom is 0.471 e. The van der Waals surface area contributed by atoms with Crippen LogP contribution in [-0.4, -0.2) is 299 Å². The van der Waals surface area contributed by atoms with Gasteiger partial charge < -0.3 is 81.1 Å². The van der Waals surface area contributed by atoms with E-state index in [1.807, 2.05) is 31.6 Å². The van der Waals surface area contributed by atoms with Crippen LogP contribution < -0.4 is 50.0 Å². The highest BCUT2D eigenvalue weighted by Crippen LogP contribution is 2.43. The molecule has 106 heavy (non-hydrogen) atoms. The SMILES string of the molecule is C=P(C)(C)CC[C@H]1O[C@@H](n2cc(CN(C)C(=O)C(F)(F)F)c(=O)[nH]c2=O)[C@H](O)[C@@H]1O.C=P(C)(C)CC[C@H]1O[C@@H](n2cc(CN)c(=O)[nH]c2=S)[C@H](O)[C@@H]1O.C=P(C)(C)CC[C@H]1O[C@@H](n2cc(CNC(=O)C(F)(F)F)c(=O)[nH]c2=S)[C@H](O)[C@@H]1O.C=P(C)(C)CC[C@H]1O[C@@H](n2cc(CNC)c(=O)[nH]c2=O)[C@H](O)[C@@H]1O. The van der Waals surface area contributed by atoms with Gasteiger partial charge in [0.2, 0.25) is 0 Å². The molecule has 4 aliphatic rings. The molecular weight excluding hydrogens is 1530 g/mol. The quantitative estimate of drug-likeness (QED) is 0.0256. The molecule has 0 radical (unpaired) electrons. The Morgan fingerprint density at radius 2 is 0.774 bits per heavy atom. The van der Waals surface area contributed by atoms with Gasteiger partial charge in [-0.15, -0.1) is 52.7 Å². The molecule has 600 valence electrons. The lowest BCUT2D eigenvalue weighted by Gasteiger charge is -2.21. The van der Waals surface area contributed by atoms with Crippen LogP contribution in [0.5, 0.6) is 0 Å². The lowest BCUT2D eigenvalue weighted by Crippen LogP contribution is -2.42. The Balaban J connectivity index is 0.000000255. The predicted octanol–water partition coefficient (Wildman–Crippen LogP) is -0.364. The van der Waals surface area contributed by atoms with E-state index in [4.69, 9.17) is 49.1 Å². The molecule has 16 atom stereocenters. The van der Waals surface area contributed by atoms with Crippen LogP contribution in [0.25, 0.3) is 0 Å². The molecule has 2 amide bonds. The Morgan fingerprint density at radius 3 is 1.08 bits per heavy atom. The first kappa shape index (κ1) is 91.3. The number of nitrogens with two attached hydrogens (primary N) is 1. The van der Waals surface area contributed by atoms with Crippen molar-refractivity contribution < 1.29 is 95.7 Å². The third-order valence-electron chi connectivity index (χ3n) is 17.0. The van der Waals surface area contributed by atoms with Crippen LogP contribution in [0.1, 0.15) is 72.8 Å². The first-order valence-electron chi connectivity index (χ1n) is 32.7. The second-order valence-electron chi connectivity index (χ2n) is 28.8. The highest BCUT2D eigenvalue weighted by atomic mass is 32.1. The maximum atomic E-state index is 12.6. The summed E-state index contributed by atoms with van der Waals surface area (Å²) in [4.78, 5) is 103. The fraction of sp³-hybridized carbons (Fsp3) is 0.645. The fourth-order valence-electron chi connectivity index (χ4n) is 11.1. The van der Waals surface area contributed by atoms with Crippen molar-refractivity contribution in [3.8, 4) is 0 Å². The number of halogens is 6. The van der Waals surface area contributed by atoms with Gasteiger partial charge >= 0.3 is 35.5 Å². The molecule has 32 nitrogen and oxygen atoms in total. The summed E-state index contributed by atoms with van der Waals surface area (Å²) in [7, 11) is 2.54. The number of aliphatic hydroxyl groups is 8. The molecular formula is C62H98F6N12O20P4S2. The van der Waals surface area contributed by atoms with Gasteiger partial charge in [-0.3, -0.25) is 67.0 Å². The number of H-pyrrole nitrogens is 4. The van der Waals surface area contributed by atoms with Crippen LogP contribution >= 0.6 is 52.0 Å². The molecule has 0 bridgehead atoms. The van der Waals surface area contributed by atoms with Gasteiger partial charge in [-0.25, -0.2) is 9.59 Å². The Bertz CT molecular complexity index is 4450. The molecule has 4 aromatic rings. The maximum absolute atomic E-state index is 12.6. The molecule has 4 aliphatic heterocycles. The molecule has 0 unspecified atom stereocenters. The van der Waals surface area contributed by atoms with E-state index < -0.39 is 191 Å². The minimum atomic E-state index is -5.12. The first-order chi connectivity index (χ1) is 48.6. The van der Waals surface area contributed by atoms with E-state index in [1.165, 1.54) is 17.0 Å². The van der Waals surface area contributed by atoms with Gasteiger partial charge in [-0.1, -0.05) is 0 Å². The van der Waals surface area contributed by atoms with Crippen LogP contribution in [0.2, 0.25) is 0 Å². The smallest absolute Gasteiger partial charge is 0.388 e. The van der Waals surface area contributed by atoms with Gasteiger partial charge in [-0.2, -0.15) is 26.3 Å². The lowest BCUT2D eigenvalue weighted by atomic mass is 10.1. The molecule has 8 heterocycles. The Morgan fingerprint density at radius 1 is 0.491 bits per heavy atom. The van der Waals surface area contributed by atoms with E-state index in [0.717, 1.165) is 45.5 Å². The number of carbonyl (C=O) groups is 2. The summed E-state index contributed by atoms with van der Waals surface area (Å²) < 4.78 is 102. The number of nitrogens with zero attached hydrogens (tertiary/aromatic N) is 5. The minimum Gasteiger partial charge on any atom is -0.388 e. The number of nitrogens with one attached hydrogen (secondary N) is 6. The highest BCUT2D eigenvalue weighted by molar-refractivity contribution is 7.73. The van der Waals surface area contributed by atoms with E-state index in [1.54, 1.807) is 12.4 Å². The number of aromatic nitrogens is 8. The Kier molecular flexibility index (Phi) is 32.0. The van der Waals surface area contributed by atoms with Crippen LogP contribution in [0.4, 0.5) is 26.3 Å². The number of alkyl halides is 6. The number of rotatable bonds is 23. The number of carbonyl (C=O) groups excluding carboxylic acids is 2. The average molecular weight is 1630 g/mol. The minimum absolute atomic E-state index is 0.0416. The molecule has 44 heteroatoms. The third kappa shape index (κ3) is 25.4. The van der Waals surface area contributed by atoms with Gasteiger partial charge in [0.05, 0.1) is 42.1 Å². The van der Waals surface area contributed by atoms with E-state index in [-0.39, 0.29) is 44.2 Å². The van der Waals surface area contributed by atoms with E-state index in [9.17, 15) is 106 Å². The number of aliphatic hydroxyl groups excluding tert-OH is 8. The van der Waals surface area contributed by atoms with Crippen LogP contribution in [0.15, 0.2) is 53.6 Å². The van der Waals surface area contributed by atoms with Crippen molar-refractivity contribution in [2.45, 2.75) is 162 Å². The zero-order valence-corrected chi connectivity index (χ0v) is 65.2. The second kappa shape index (κ2) is 37.2. The van der Waals surface area contributed by atoms with Gasteiger partial charge in [0.15, 0.2) is 34.5 Å². The molecule has 4 fully saturated rings. The van der Waals surface area contributed by atoms with Crippen molar-refractivity contribution >= 4 is 89.0 Å². The van der Waals surface area contributed by atoms with E-state index in [0.29, 0.717) is 49.1 Å². The summed E-state index contributed by atoms with van der Waals surface area (Å²) in [5, 5.41) is 86.7. The van der Waals surface area contributed by atoms with Crippen molar-refractivity contribution in [1.29, 1.82) is 0 Å². The molecule has 8 rings (SSSR count). The second-order valence-corrected chi connectivity index (χ2v) is 46.9. The summed E-state index contributed by atoms with van der Waals surface area (Å²) >= 11 is 10.2. The normalized spacial score (nSPS) is 26.3. The van der Waals surface area contributed by atoms with Crippen LogP contribution in [0, 0.1) is 9.54 Å². The van der Waals surface area contributed by atoms with Crippen molar-refractivity contribution in [2.75, 3.05) is 92.1 Å². The van der Waals surface area contributed by atoms with Crippen molar-refractivity contribution in [3.05, 3.63) is 119 Å².